The lowest BCUT2D eigenvalue weighted by molar-refractivity contribution is 0.243. The lowest BCUT2D eigenvalue weighted by Gasteiger charge is -2.34. The first-order valence-electron chi connectivity index (χ1n) is 9.16. The third kappa shape index (κ3) is 4.50. The van der Waals surface area contributed by atoms with E-state index in [0.717, 1.165) is 38.0 Å². The molecular weight excluding hydrogens is 334 g/mol. The summed E-state index contributed by atoms with van der Waals surface area (Å²) in [6.45, 7) is 2.05. The molecule has 3 unspecified atom stereocenters. The summed E-state index contributed by atoms with van der Waals surface area (Å²) in [5.41, 5.74) is 4.38. The summed E-state index contributed by atoms with van der Waals surface area (Å²) in [5.74, 6) is 1.91. The minimum absolute atomic E-state index is 0.184. The summed E-state index contributed by atoms with van der Waals surface area (Å²) < 4.78 is 16.3. The molecule has 0 aromatic heterocycles. The third-order valence-electron chi connectivity index (χ3n) is 4.98. The molecule has 2 fully saturated rings. The van der Waals surface area contributed by atoms with Gasteiger partial charge in [0.05, 0.1) is 33.7 Å². The number of hydrazine groups is 1. The van der Waals surface area contributed by atoms with Crippen molar-refractivity contribution < 1.29 is 14.2 Å². The van der Waals surface area contributed by atoms with E-state index in [2.05, 4.69) is 33.4 Å². The predicted octanol–water partition coefficient (Wildman–Crippen LogP) is 0.958. The lowest BCUT2D eigenvalue weighted by atomic mass is 10.0. The van der Waals surface area contributed by atoms with Gasteiger partial charge in [-0.2, -0.15) is 0 Å². The fraction of sp³-hybridized carbons (Fsp3) is 0.667. The Morgan fingerprint density at radius 2 is 1.77 bits per heavy atom. The van der Waals surface area contributed by atoms with Crippen LogP contribution in [-0.4, -0.2) is 64.8 Å². The van der Waals surface area contributed by atoms with Crippen LogP contribution in [0.25, 0.3) is 0 Å². The first kappa shape index (κ1) is 19.0. The highest BCUT2D eigenvalue weighted by molar-refractivity contribution is 5.62. The quantitative estimate of drug-likeness (QED) is 0.569. The van der Waals surface area contributed by atoms with E-state index in [1.54, 1.807) is 21.3 Å². The van der Waals surface area contributed by atoms with Crippen LogP contribution in [0.3, 0.4) is 0 Å². The summed E-state index contributed by atoms with van der Waals surface area (Å²) >= 11 is 0. The molecule has 0 saturated carbocycles. The van der Waals surface area contributed by atoms with Crippen molar-refractivity contribution in [2.45, 2.75) is 37.6 Å². The van der Waals surface area contributed by atoms with E-state index < -0.39 is 0 Å². The summed E-state index contributed by atoms with van der Waals surface area (Å²) in [6, 6.07) is 4.35. The van der Waals surface area contributed by atoms with Gasteiger partial charge in [0.25, 0.3) is 0 Å². The molecule has 0 aliphatic carbocycles. The van der Waals surface area contributed by atoms with Crippen LogP contribution in [0.5, 0.6) is 17.2 Å². The van der Waals surface area contributed by atoms with Crippen molar-refractivity contribution >= 4 is 5.69 Å². The minimum Gasteiger partial charge on any atom is -0.493 e. The third-order valence-corrected chi connectivity index (χ3v) is 4.98. The van der Waals surface area contributed by atoms with Crippen molar-refractivity contribution in [2.24, 2.45) is 0 Å². The molecule has 1 aromatic rings. The number of hydrogen-bond acceptors (Lipinski definition) is 8. The molecule has 8 heteroatoms. The van der Waals surface area contributed by atoms with Gasteiger partial charge in [-0.05, 0) is 25.8 Å². The van der Waals surface area contributed by atoms with E-state index in [1.165, 1.54) is 0 Å². The molecular formula is C18H31N5O3. The van der Waals surface area contributed by atoms with Gasteiger partial charge in [-0.15, -0.1) is 0 Å². The molecule has 2 aliphatic rings. The van der Waals surface area contributed by atoms with E-state index in [4.69, 9.17) is 14.2 Å². The molecule has 3 atom stereocenters. The van der Waals surface area contributed by atoms with Crippen molar-refractivity contribution in [3.63, 3.8) is 0 Å². The molecule has 2 heterocycles. The topological polar surface area (TPSA) is 79.1 Å². The highest BCUT2D eigenvalue weighted by Crippen LogP contribution is 2.40. The second-order valence-corrected chi connectivity index (χ2v) is 6.84. The SMILES string of the molecule is COc1cc(NC2CC(NC3CCN(C)N3)CCN2)cc(OC)c1OC. The highest BCUT2D eigenvalue weighted by atomic mass is 16.5. The first-order chi connectivity index (χ1) is 12.6. The fourth-order valence-electron chi connectivity index (χ4n) is 3.67. The maximum absolute atomic E-state index is 5.44. The minimum atomic E-state index is 0.184. The first-order valence-corrected chi connectivity index (χ1v) is 9.16. The fourth-order valence-corrected chi connectivity index (χ4v) is 3.67. The number of benzene rings is 1. The number of ether oxygens (including phenoxy) is 3. The van der Waals surface area contributed by atoms with E-state index in [1.807, 2.05) is 12.1 Å². The number of rotatable bonds is 7. The Bertz CT molecular complexity index is 575. The van der Waals surface area contributed by atoms with Crippen molar-refractivity contribution in [1.82, 2.24) is 21.1 Å². The molecule has 0 amide bonds. The van der Waals surface area contributed by atoms with Crippen molar-refractivity contribution in [3.8, 4) is 17.2 Å². The molecule has 1 aromatic carbocycles. The van der Waals surface area contributed by atoms with Gasteiger partial charge in [-0.1, -0.05) is 0 Å². The van der Waals surface area contributed by atoms with Gasteiger partial charge in [0.15, 0.2) is 11.5 Å². The average Bonchev–Trinajstić information content (AvgIpc) is 3.05. The Hall–Kier alpha value is -1.74. The highest BCUT2D eigenvalue weighted by Gasteiger charge is 2.26. The zero-order valence-corrected chi connectivity index (χ0v) is 16.1. The number of anilines is 1. The van der Waals surface area contributed by atoms with Crippen LogP contribution in [0.15, 0.2) is 12.1 Å². The van der Waals surface area contributed by atoms with Crippen molar-refractivity contribution in [2.75, 3.05) is 46.8 Å². The zero-order chi connectivity index (χ0) is 18.5. The second-order valence-electron chi connectivity index (χ2n) is 6.84. The molecule has 0 spiro atoms. The van der Waals surface area contributed by atoms with Gasteiger partial charge in [0.1, 0.15) is 0 Å². The predicted molar refractivity (Wildman–Crippen MR) is 102 cm³/mol. The molecule has 2 saturated heterocycles. The normalized spacial score (nSPS) is 26.5. The Morgan fingerprint density at radius 1 is 1.04 bits per heavy atom. The summed E-state index contributed by atoms with van der Waals surface area (Å²) in [4.78, 5) is 0. The number of methoxy groups -OCH3 is 3. The smallest absolute Gasteiger partial charge is 0.203 e. The zero-order valence-electron chi connectivity index (χ0n) is 16.1. The van der Waals surface area contributed by atoms with Crippen LogP contribution in [0.4, 0.5) is 5.69 Å². The summed E-state index contributed by atoms with van der Waals surface area (Å²) in [7, 11) is 6.96. The molecule has 4 N–H and O–H groups in total. The van der Waals surface area contributed by atoms with Gasteiger partial charge in [-0.25, -0.2) is 10.4 Å². The summed E-state index contributed by atoms with van der Waals surface area (Å²) in [6.07, 6.45) is 3.80. The number of nitrogens with one attached hydrogen (secondary N) is 4. The molecule has 0 bridgehead atoms. The van der Waals surface area contributed by atoms with Gasteiger partial charge in [0, 0.05) is 37.5 Å². The number of nitrogens with zero attached hydrogens (tertiary/aromatic N) is 1. The van der Waals surface area contributed by atoms with Crippen LogP contribution in [-0.2, 0) is 0 Å². The molecule has 3 rings (SSSR count). The Kier molecular flexibility index (Phi) is 6.42. The lowest BCUT2D eigenvalue weighted by Crippen LogP contribution is -2.54. The van der Waals surface area contributed by atoms with E-state index in [-0.39, 0.29) is 6.17 Å². The average molecular weight is 365 g/mol. The standard InChI is InChI=1S/C18H31N5O3/c1-23-8-6-16(22-23)20-12-5-7-19-17(11-12)21-13-9-14(24-2)18(26-4)15(10-13)25-3/h9-10,12,16-17,19-22H,5-8,11H2,1-4H3. The van der Waals surface area contributed by atoms with Gasteiger partial charge < -0.3 is 19.5 Å². The largest absolute Gasteiger partial charge is 0.493 e. The van der Waals surface area contributed by atoms with Gasteiger partial charge in [0.2, 0.25) is 5.75 Å². The Morgan fingerprint density at radius 3 is 2.35 bits per heavy atom. The van der Waals surface area contributed by atoms with Crippen LogP contribution in [0.1, 0.15) is 19.3 Å². The van der Waals surface area contributed by atoms with E-state index in [0.29, 0.717) is 29.5 Å². The number of hydrogen-bond donors (Lipinski definition) is 4. The monoisotopic (exact) mass is 365 g/mol. The van der Waals surface area contributed by atoms with Crippen molar-refractivity contribution in [1.29, 1.82) is 0 Å². The number of piperidine rings is 1. The molecule has 8 nitrogen and oxygen atoms in total. The van der Waals surface area contributed by atoms with Crippen LogP contribution >= 0.6 is 0 Å². The molecule has 0 radical (unpaired) electrons. The van der Waals surface area contributed by atoms with Gasteiger partial charge >= 0.3 is 0 Å². The maximum Gasteiger partial charge on any atom is 0.203 e. The van der Waals surface area contributed by atoms with E-state index >= 15 is 0 Å². The van der Waals surface area contributed by atoms with Crippen LogP contribution in [0, 0.1) is 0 Å². The Balaban J connectivity index is 1.62. The molecule has 146 valence electrons. The Labute approximate surface area is 155 Å². The summed E-state index contributed by atoms with van der Waals surface area (Å²) in [5, 5.41) is 13.0. The van der Waals surface area contributed by atoms with Crippen LogP contribution < -0.4 is 35.6 Å². The van der Waals surface area contributed by atoms with Crippen molar-refractivity contribution in [3.05, 3.63) is 12.1 Å². The van der Waals surface area contributed by atoms with Gasteiger partial charge in [-0.3, -0.25) is 10.6 Å². The van der Waals surface area contributed by atoms with E-state index in [9.17, 15) is 0 Å². The molecule has 2 aliphatic heterocycles. The maximum atomic E-state index is 5.44. The second kappa shape index (κ2) is 8.77. The molecule has 26 heavy (non-hydrogen) atoms. The van der Waals surface area contributed by atoms with Crippen LogP contribution in [0.2, 0.25) is 0 Å².